The summed E-state index contributed by atoms with van der Waals surface area (Å²) in [5, 5.41) is 7.34. The number of aryl methyl sites for hydroxylation is 1. The van der Waals surface area contributed by atoms with Crippen molar-refractivity contribution in [1.82, 2.24) is 15.5 Å². The van der Waals surface area contributed by atoms with Gasteiger partial charge in [0.15, 0.2) is 6.61 Å². The molecule has 0 fully saturated rings. The minimum absolute atomic E-state index is 0.00233. The highest BCUT2D eigenvalue weighted by Crippen LogP contribution is 2.22. The van der Waals surface area contributed by atoms with Gasteiger partial charge in [0.05, 0.1) is 0 Å². The smallest absolute Gasteiger partial charge is 0.336 e. The molecular formula is C22H19N3O5. The zero-order valence-electron chi connectivity index (χ0n) is 16.3. The van der Waals surface area contributed by atoms with Crippen LogP contribution in [-0.4, -0.2) is 22.6 Å². The molecule has 8 nitrogen and oxygen atoms in total. The van der Waals surface area contributed by atoms with E-state index in [4.69, 9.17) is 13.7 Å². The summed E-state index contributed by atoms with van der Waals surface area (Å²) in [5.41, 5.74) is 1.97. The maximum absolute atomic E-state index is 12.1. The summed E-state index contributed by atoms with van der Waals surface area (Å²) in [6.45, 7) is 2.30. The fourth-order valence-electron chi connectivity index (χ4n) is 2.99. The molecule has 0 unspecified atom stereocenters. The molecule has 2 aromatic carbocycles. The highest BCUT2D eigenvalue weighted by Gasteiger charge is 2.15. The third kappa shape index (κ3) is 4.54. The Morgan fingerprint density at radius 3 is 2.80 bits per heavy atom. The summed E-state index contributed by atoms with van der Waals surface area (Å²) in [4.78, 5) is 27.7. The summed E-state index contributed by atoms with van der Waals surface area (Å²) in [6, 6.07) is 16.5. The van der Waals surface area contributed by atoms with E-state index in [1.807, 2.05) is 43.3 Å². The Kier molecular flexibility index (Phi) is 5.56. The van der Waals surface area contributed by atoms with Crippen molar-refractivity contribution in [2.45, 2.75) is 20.0 Å². The van der Waals surface area contributed by atoms with Crippen LogP contribution in [0.5, 0.6) is 5.75 Å². The number of benzene rings is 2. The molecule has 0 saturated heterocycles. The molecule has 0 aliphatic carbocycles. The van der Waals surface area contributed by atoms with Crippen LogP contribution in [0.3, 0.4) is 0 Å². The van der Waals surface area contributed by atoms with Gasteiger partial charge in [-0.05, 0) is 36.6 Å². The predicted molar refractivity (Wildman–Crippen MR) is 108 cm³/mol. The summed E-state index contributed by atoms with van der Waals surface area (Å²) >= 11 is 0. The Bertz CT molecular complexity index is 1230. The van der Waals surface area contributed by atoms with Gasteiger partial charge in [-0.25, -0.2) is 4.79 Å². The lowest BCUT2D eigenvalue weighted by molar-refractivity contribution is 0.0910. The highest BCUT2D eigenvalue weighted by atomic mass is 16.5. The summed E-state index contributed by atoms with van der Waals surface area (Å²) in [6.07, 6.45) is 0.703. The van der Waals surface area contributed by atoms with Crippen molar-refractivity contribution in [3.05, 3.63) is 87.9 Å². The van der Waals surface area contributed by atoms with Gasteiger partial charge in [-0.1, -0.05) is 35.5 Å². The van der Waals surface area contributed by atoms with Gasteiger partial charge in [0.25, 0.3) is 0 Å². The zero-order chi connectivity index (χ0) is 20.9. The number of rotatable bonds is 7. The van der Waals surface area contributed by atoms with Crippen LogP contribution in [-0.2, 0) is 13.0 Å². The fourth-order valence-corrected chi connectivity index (χ4v) is 2.99. The number of ether oxygens (including phenoxy) is 1. The standard InChI is InChI=1S/C22H19N3O5/c1-14-11-20(26)29-18-12-16(7-8-17(14)18)28-13-19-24-22(30-25-19)21(27)23-10-9-15-5-3-2-4-6-15/h2-8,11-12H,9-10,13H2,1H3,(H,23,27). The molecule has 0 aliphatic rings. The summed E-state index contributed by atoms with van der Waals surface area (Å²) in [7, 11) is 0. The van der Waals surface area contributed by atoms with E-state index in [2.05, 4.69) is 15.5 Å². The Morgan fingerprint density at radius 1 is 1.13 bits per heavy atom. The van der Waals surface area contributed by atoms with E-state index in [0.717, 1.165) is 16.5 Å². The lowest BCUT2D eigenvalue weighted by atomic mass is 10.1. The molecule has 2 heterocycles. The first-order valence-corrected chi connectivity index (χ1v) is 9.40. The Balaban J connectivity index is 1.33. The molecule has 0 aliphatic heterocycles. The molecule has 0 atom stereocenters. The third-order valence-electron chi connectivity index (χ3n) is 4.50. The topological polar surface area (TPSA) is 107 Å². The second-order valence-corrected chi connectivity index (χ2v) is 6.70. The number of aromatic nitrogens is 2. The van der Waals surface area contributed by atoms with Crippen LogP contribution >= 0.6 is 0 Å². The van der Waals surface area contributed by atoms with Gasteiger partial charge < -0.3 is 19.0 Å². The number of fused-ring (bicyclic) bond motifs is 1. The lowest BCUT2D eigenvalue weighted by Gasteiger charge is -2.05. The molecule has 0 bridgehead atoms. The number of hydrogen-bond acceptors (Lipinski definition) is 7. The van der Waals surface area contributed by atoms with Crippen molar-refractivity contribution < 1.29 is 18.5 Å². The maximum Gasteiger partial charge on any atom is 0.336 e. The molecule has 0 spiro atoms. The number of nitrogens with one attached hydrogen (secondary N) is 1. The number of hydrogen-bond donors (Lipinski definition) is 1. The van der Waals surface area contributed by atoms with E-state index in [-0.39, 0.29) is 18.3 Å². The maximum atomic E-state index is 12.1. The van der Waals surface area contributed by atoms with E-state index >= 15 is 0 Å². The van der Waals surface area contributed by atoms with E-state index in [9.17, 15) is 9.59 Å². The average Bonchev–Trinajstić information content (AvgIpc) is 3.22. The molecule has 30 heavy (non-hydrogen) atoms. The molecule has 4 rings (SSSR count). The second-order valence-electron chi connectivity index (χ2n) is 6.70. The molecule has 0 saturated carbocycles. The van der Waals surface area contributed by atoms with Gasteiger partial charge >= 0.3 is 17.4 Å². The van der Waals surface area contributed by atoms with E-state index in [1.165, 1.54) is 6.07 Å². The first kappa shape index (κ1) is 19.4. The van der Waals surface area contributed by atoms with Crippen LogP contribution in [0, 0.1) is 6.92 Å². The highest BCUT2D eigenvalue weighted by molar-refractivity contribution is 5.89. The lowest BCUT2D eigenvalue weighted by Crippen LogP contribution is -2.26. The molecule has 4 aromatic rings. The minimum atomic E-state index is -0.437. The van der Waals surface area contributed by atoms with Gasteiger partial charge in [0.1, 0.15) is 11.3 Å². The van der Waals surface area contributed by atoms with Gasteiger partial charge in [0.2, 0.25) is 5.82 Å². The van der Waals surface area contributed by atoms with Crippen molar-refractivity contribution in [3.63, 3.8) is 0 Å². The monoisotopic (exact) mass is 405 g/mol. The number of nitrogens with zero attached hydrogens (tertiary/aromatic N) is 2. The molecular weight excluding hydrogens is 386 g/mol. The van der Waals surface area contributed by atoms with Gasteiger partial charge in [-0.15, -0.1) is 0 Å². The van der Waals surface area contributed by atoms with Crippen molar-refractivity contribution in [1.29, 1.82) is 0 Å². The van der Waals surface area contributed by atoms with Crippen molar-refractivity contribution in [2.75, 3.05) is 6.54 Å². The first-order valence-electron chi connectivity index (χ1n) is 9.40. The van der Waals surface area contributed by atoms with Crippen LogP contribution in [0.15, 0.2) is 68.3 Å². The minimum Gasteiger partial charge on any atom is -0.485 e. The molecule has 2 aromatic heterocycles. The van der Waals surface area contributed by atoms with Crippen LogP contribution in [0.2, 0.25) is 0 Å². The predicted octanol–water partition coefficient (Wildman–Crippen LogP) is 3.04. The summed E-state index contributed by atoms with van der Waals surface area (Å²) < 4.78 is 15.8. The Hall–Kier alpha value is -3.94. The SMILES string of the molecule is Cc1cc(=O)oc2cc(OCc3noc(C(=O)NCCc4ccccc4)n3)ccc12. The van der Waals surface area contributed by atoms with Crippen molar-refractivity contribution in [3.8, 4) is 5.75 Å². The zero-order valence-corrected chi connectivity index (χ0v) is 16.3. The van der Waals surface area contributed by atoms with E-state index in [1.54, 1.807) is 12.1 Å². The van der Waals surface area contributed by atoms with Crippen molar-refractivity contribution >= 4 is 16.9 Å². The second kappa shape index (κ2) is 8.60. The van der Waals surface area contributed by atoms with Crippen LogP contribution in [0.4, 0.5) is 0 Å². The first-order chi connectivity index (χ1) is 14.6. The molecule has 0 radical (unpaired) electrons. The van der Waals surface area contributed by atoms with E-state index < -0.39 is 11.5 Å². The number of carbonyl (C=O) groups is 1. The largest absolute Gasteiger partial charge is 0.485 e. The Labute approximate surface area is 171 Å². The van der Waals surface area contributed by atoms with Crippen molar-refractivity contribution in [2.24, 2.45) is 0 Å². The quantitative estimate of drug-likeness (QED) is 0.471. The van der Waals surface area contributed by atoms with Crippen LogP contribution in [0.1, 0.15) is 27.6 Å². The van der Waals surface area contributed by atoms with E-state index in [0.29, 0.717) is 24.3 Å². The van der Waals surface area contributed by atoms with Gasteiger partial charge in [-0.2, -0.15) is 4.98 Å². The normalized spacial score (nSPS) is 10.8. The van der Waals surface area contributed by atoms with Crippen LogP contribution in [0.25, 0.3) is 11.0 Å². The Morgan fingerprint density at radius 2 is 1.97 bits per heavy atom. The number of carbonyl (C=O) groups excluding carboxylic acids is 1. The molecule has 152 valence electrons. The fraction of sp³-hybridized carbons (Fsp3) is 0.182. The average molecular weight is 405 g/mol. The number of amides is 1. The van der Waals surface area contributed by atoms with Gasteiger partial charge in [0, 0.05) is 24.1 Å². The van der Waals surface area contributed by atoms with Gasteiger partial charge in [-0.3, -0.25) is 4.79 Å². The third-order valence-corrected chi connectivity index (χ3v) is 4.50. The molecule has 8 heteroatoms. The molecule has 1 N–H and O–H groups in total. The summed E-state index contributed by atoms with van der Waals surface area (Å²) in [5.74, 6) is 0.151. The molecule has 1 amide bonds. The van der Waals surface area contributed by atoms with Crippen LogP contribution < -0.4 is 15.7 Å².